The SMILES string of the molecule is CCCN(CCC)C1Cc2cccc3ccc(OC)c(c23)C1. The second-order valence-electron chi connectivity index (χ2n) is 6.36. The van der Waals surface area contributed by atoms with Crippen molar-refractivity contribution in [3.8, 4) is 5.75 Å². The molecular formula is C20H27NO. The van der Waals surface area contributed by atoms with Gasteiger partial charge in [-0.3, -0.25) is 4.90 Å². The van der Waals surface area contributed by atoms with Crippen LogP contribution in [0.4, 0.5) is 0 Å². The smallest absolute Gasteiger partial charge is 0.122 e. The number of benzene rings is 2. The van der Waals surface area contributed by atoms with Gasteiger partial charge in [0.15, 0.2) is 0 Å². The molecule has 0 saturated carbocycles. The molecule has 0 aromatic heterocycles. The van der Waals surface area contributed by atoms with Crippen molar-refractivity contribution in [2.75, 3.05) is 20.2 Å². The summed E-state index contributed by atoms with van der Waals surface area (Å²) in [6.07, 6.45) is 4.72. The van der Waals surface area contributed by atoms with E-state index in [9.17, 15) is 0 Å². The molecule has 0 saturated heterocycles. The van der Waals surface area contributed by atoms with Crippen molar-refractivity contribution in [2.24, 2.45) is 0 Å². The minimum Gasteiger partial charge on any atom is -0.496 e. The molecule has 2 heteroatoms. The zero-order valence-corrected chi connectivity index (χ0v) is 14.1. The second-order valence-corrected chi connectivity index (χ2v) is 6.36. The Kier molecular flexibility index (Phi) is 4.68. The third kappa shape index (κ3) is 2.72. The number of rotatable bonds is 6. The molecule has 0 heterocycles. The summed E-state index contributed by atoms with van der Waals surface area (Å²) >= 11 is 0. The topological polar surface area (TPSA) is 12.5 Å². The largest absolute Gasteiger partial charge is 0.496 e. The molecule has 0 aliphatic heterocycles. The van der Waals surface area contributed by atoms with E-state index in [1.165, 1.54) is 47.8 Å². The minimum atomic E-state index is 0.606. The fourth-order valence-corrected chi connectivity index (χ4v) is 3.95. The molecule has 1 unspecified atom stereocenters. The van der Waals surface area contributed by atoms with E-state index in [0.717, 1.165) is 18.6 Å². The minimum absolute atomic E-state index is 0.606. The Balaban J connectivity index is 2.02. The summed E-state index contributed by atoms with van der Waals surface area (Å²) in [6.45, 7) is 6.94. The summed E-state index contributed by atoms with van der Waals surface area (Å²) in [5, 5.41) is 2.79. The van der Waals surface area contributed by atoms with Gasteiger partial charge in [0, 0.05) is 11.6 Å². The number of hydrogen-bond acceptors (Lipinski definition) is 2. The van der Waals surface area contributed by atoms with Crippen LogP contribution in [0.1, 0.15) is 37.8 Å². The molecule has 0 bridgehead atoms. The molecule has 0 N–H and O–H groups in total. The molecule has 0 spiro atoms. The highest BCUT2D eigenvalue weighted by Gasteiger charge is 2.26. The van der Waals surface area contributed by atoms with E-state index in [2.05, 4.69) is 49.1 Å². The molecule has 3 rings (SSSR count). The summed E-state index contributed by atoms with van der Waals surface area (Å²) in [7, 11) is 1.79. The summed E-state index contributed by atoms with van der Waals surface area (Å²) in [5.41, 5.74) is 2.89. The highest BCUT2D eigenvalue weighted by molar-refractivity contribution is 5.91. The molecule has 0 radical (unpaired) electrons. The molecular weight excluding hydrogens is 270 g/mol. The first-order valence-electron chi connectivity index (χ1n) is 8.60. The molecule has 22 heavy (non-hydrogen) atoms. The second kappa shape index (κ2) is 6.70. The van der Waals surface area contributed by atoms with Crippen LogP contribution >= 0.6 is 0 Å². The van der Waals surface area contributed by atoms with Gasteiger partial charge < -0.3 is 4.74 Å². The van der Waals surface area contributed by atoms with Crippen LogP contribution < -0.4 is 4.74 Å². The Bertz CT molecular complexity index is 643. The van der Waals surface area contributed by atoms with Gasteiger partial charge in [0.1, 0.15) is 5.75 Å². The summed E-state index contributed by atoms with van der Waals surface area (Å²) in [6, 6.07) is 11.6. The van der Waals surface area contributed by atoms with Crippen molar-refractivity contribution >= 4 is 10.8 Å². The maximum absolute atomic E-state index is 5.66. The summed E-state index contributed by atoms with van der Waals surface area (Å²) in [5.74, 6) is 1.05. The van der Waals surface area contributed by atoms with E-state index in [1.54, 1.807) is 7.11 Å². The predicted molar refractivity (Wildman–Crippen MR) is 93.9 cm³/mol. The van der Waals surface area contributed by atoms with Crippen LogP contribution in [0, 0.1) is 0 Å². The van der Waals surface area contributed by atoms with E-state index >= 15 is 0 Å². The third-order valence-corrected chi connectivity index (χ3v) is 4.85. The predicted octanol–water partition coefficient (Wildman–Crippen LogP) is 4.44. The first kappa shape index (κ1) is 15.4. The average molecular weight is 297 g/mol. The fraction of sp³-hybridized carbons (Fsp3) is 0.500. The van der Waals surface area contributed by atoms with Gasteiger partial charge >= 0.3 is 0 Å². The lowest BCUT2D eigenvalue weighted by Gasteiger charge is -2.35. The lowest BCUT2D eigenvalue weighted by Crippen LogP contribution is -2.41. The quantitative estimate of drug-likeness (QED) is 0.781. The average Bonchev–Trinajstić information content (AvgIpc) is 2.55. The normalized spacial score (nSPS) is 17.2. The zero-order chi connectivity index (χ0) is 15.5. The van der Waals surface area contributed by atoms with E-state index in [1.807, 2.05) is 0 Å². The maximum atomic E-state index is 5.66. The van der Waals surface area contributed by atoms with Crippen LogP contribution in [0.2, 0.25) is 0 Å². The van der Waals surface area contributed by atoms with Gasteiger partial charge in [-0.25, -0.2) is 0 Å². The standard InChI is InChI=1S/C20H27NO/c1-4-11-21(12-5-2)17-13-16-8-6-7-15-9-10-19(22-3)18(14-17)20(15)16/h6-10,17H,4-5,11-14H2,1-3H3. The van der Waals surface area contributed by atoms with Crippen LogP contribution in [0.5, 0.6) is 5.75 Å². The van der Waals surface area contributed by atoms with Crippen molar-refractivity contribution in [1.82, 2.24) is 4.90 Å². The zero-order valence-electron chi connectivity index (χ0n) is 14.1. The van der Waals surface area contributed by atoms with Gasteiger partial charge in [-0.1, -0.05) is 38.1 Å². The molecule has 1 aliphatic rings. The molecule has 0 fully saturated rings. The van der Waals surface area contributed by atoms with Gasteiger partial charge in [-0.15, -0.1) is 0 Å². The Morgan fingerprint density at radius 1 is 1.05 bits per heavy atom. The molecule has 1 aliphatic carbocycles. The Labute approximate surface area is 134 Å². The maximum Gasteiger partial charge on any atom is 0.122 e. The van der Waals surface area contributed by atoms with Crippen molar-refractivity contribution in [3.05, 3.63) is 41.5 Å². The van der Waals surface area contributed by atoms with E-state index in [-0.39, 0.29) is 0 Å². The monoisotopic (exact) mass is 297 g/mol. The molecule has 118 valence electrons. The first-order chi connectivity index (χ1) is 10.8. The summed E-state index contributed by atoms with van der Waals surface area (Å²) < 4.78 is 5.66. The van der Waals surface area contributed by atoms with Crippen molar-refractivity contribution in [3.63, 3.8) is 0 Å². The van der Waals surface area contributed by atoms with Gasteiger partial charge in [-0.2, -0.15) is 0 Å². The fourth-order valence-electron chi connectivity index (χ4n) is 3.95. The number of ether oxygens (including phenoxy) is 1. The Morgan fingerprint density at radius 3 is 2.50 bits per heavy atom. The van der Waals surface area contributed by atoms with E-state index in [4.69, 9.17) is 4.74 Å². The number of hydrogen-bond donors (Lipinski definition) is 0. The van der Waals surface area contributed by atoms with Crippen LogP contribution in [0.15, 0.2) is 30.3 Å². The lowest BCUT2D eigenvalue weighted by atomic mass is 9.84. The Morgan fingerprint density at radius 2 is 1.82 bits per heavy atom. The van der Waals surface area contributed by atoms with Gasteiger partial charge in [0.05, 0.1) is 7.11 Å². The van der Waals surface area contributed by atoms with Gasteiger partial charge in [-0.05, 0) is 61.2 Å². The van der Waals surface area contributed by atoms with Gasteiger partial charge in [0.2, 0.25) is 0 Å². The molecule has 0 amide bonds. The van der Waals surface area contributed by atoms with Crippen molar-refractivity contribution in [1.29, 1.82) is 0 Å². The highest BCUT2D eigenvalue weighted by Crippen LogP contribution is 2.37. The van der Waals surface area contributed by atoms with Crippen molar-refractivity contribution < 1.29 is 4.74 Å². The number of methoxy groups -OCH3 is 1. The van der Waals surface area contributed by atoms with E-state index in [0.29, 0.717) is 6.04 Å². The first-order valence-corrected chi connectivity index (χ1v) is 8.60. The Hall–Kier alpha value is -1.54. The van der Waals surface area contributed by atoms with Crippen molar-refractivity contribution in [2.45, 2.75) is 45.6 Å². The van der Waals surface area contributed by atoms with Crippen LogP contribution in [-0.4, -0.2) is 31.1 Å². The van der Waals surface area contributed by atoms with Crippen LogP contribution in [0.25, 0.3) is 10.8 Å². The summed E-state index contributed by atoms with van der Waals surface area (Å²) in [4.78, 5) is 2.67. The number of nitrogens with zero attached hydrogens (tertiary/aromatic N) is 1. The third-order valence-electron chi connectivity index (χ3n) is 4.85. The lowest BCUT2D eigenvalue weighted by molar-refractivity contribution is 0.191. The molecule has 2 aromatic carbocycles. The van der Waals surface area contributed by atoms with E-state index < -0.39 is 0 Å². The molecule has 2 aromatic rings. The van der Waals surface area contributed by atoms with Crippen LogP contribution in [0.3, 0.4) is 0 Å². The molecule has 2 nitrogen and oxygen atoms in total. The van der Waals surface area contributed by atoms with Crippen LogP contribution in [-0.2, 0) is 12.8 Å². The molecule has 1 atom stereocenters. The van der Waals surface area contributed by atoms with Gasteiger partial charge in [0.25, 0.3) is 0 Å². The highest BCUT2D eigenvalue weighted by atomic mass is 16.5.